The smallest absolute Gasteiger partial charge is 0.129 e. The number of aryl methyl sites for hydroxylation is 1. The lowest BCUT2D eigenvalue weighted by Crippen LogP contribution is -2.13. The molecule has 2 heteroatoms. The molecule has 1 saturated carbocycles. The Morgan fingerprint density at radius 2 is 2.20 bits per heavy atom. The normalized spacial score (nSPS) is 16.9. The van der Waals surface area contributed by atoms with Crippen LogP contribution in [0.4, 0.5) is 5.82 Å². The highest BCUT2D eigenvalue weighted by molar-refractivity contribution is 5.43. The maximum atomic E-state index is 4.40. The van der Waals surface area contributed by atoms with E-state index >= 15 is 0 Å². The molecular formula is C13H20N2. The lowest BCUT2D eigenvalue weighted by Gasteiger charge is -2.13. The quantitative estimate of drug-likeness (QED) is 0.814. The summed E-state index contributed by atoms with van der Waals surface area (Å²) in [6, 6.07) is 4.17. The molecule has 2 nitrogen and oxygen atoms in total. The average molecular weight is 204 g/mol. The number of rotatable bonds is 4. The van der Waals surface area contributed by atoms with E-state index in [1.807, 2.05) is 12.3 Å². The Morgan fingerprint density at radius 3 is 2.93 bits per heavy atom. The van der Waals surface area contributed by atoms with E-state index in [0.29, 0.717) is 0 Å². The summed E-state index contributed by atoms with van der Waals surface area (Å²) in [6.45, 7) is 3.28. The van der Waals surface area contributed by atoms with Crippen molar-refractivity contribution in [2.45, 2.75) is 39.0 Å². The Morgan fingerprint density at radius 1 is 1.40 bits per heavy atom. The SMILES string of the molecule is CCc1cccnc1NCC1CCCC1. The van der Waals surface area contributed by atoms with Crippen molar-refractivity contribution in [1.29, 1.82) is 0 Å². The van der Waals surface area contributed by atoms with Gasteiger partial charge >= 0.3 is 0 Å². The molecule has 1 heterocycles. The summed E-state index contributed by atoms with van der Waals surface area (Å²) >= 11 is 0. The zero-order chi connectivity index (χ0) is 10.5. The van der Waals surface area contributed by atoms with Crippen LogP contribution in [0.3, 0.4) is 0 Å². The van der Waals surface area contributed by atoms with Crippen molar-refractivity contribution in [2.24, 2.45) is 5.92 Å². The van der Waals surface area contributed by atoms with E-state index in [4.69, 9.17) is 0 Å². The van der Waals surface area contributed by atoms with Crippen LogP contribution < -0.4 is 5.32 Å². The standard InChI is InChI=1S/C13H20N2/c1-2-12-8-5-9-14-13(12)15-10-11-6-3-4-7-11/h5,8-9,11H,2-4,6-7,10H2,1H3,(H,14,15). The van der Waals surface area contributed by atoms with Crippen molar-refractivity contribution in [3.05, 3.63) is 23.9 Å². The minimum atomic E-state index is 0.872. The highest BCUT2D eigenvalue weighted by Gasteiger charge is 2.14. The topological polar surface area (TPSA) is 24.9 Å². The van der Waals surface area contributed by atoms with E-state index in [2.05, 4.69) is 23.3 Å². The summed E-state index contributed by atoms with van der Waals surface area (Å²) in [4.78, 5) is 4.40. The third kappa shape index (κ3) is 2.71. The molecule has 15 heavy (non-hydrogen) atoms. The van der Waals surface area contributed by atoms with Crippen molar-refractivity contribution in [2.75, 3.05) is 11.9 Å². The summed E-state index contributed by atoms with van der Waals surface area (Å²) in [6.07, 6.45) is 8.53. The maximum absolute atomic E-state index is 4.40. The minimum absolute atomic E-state index is 0.872. The van der Waals surface area contributed by atoms with Crippen LogP contribution >= 0.6 is 0 Å². The number of aromatic nitrogens is 1. The fourth-order valence-electron chi connectivity index (χ4n) is 2.34. The van der Waals surface area contributed by atoms with Crippen LogP contribution in [0.25, 0.3) is 0 Å². The summed E-state index contributed by atoms with van der Waals surface area (Å²) in [5, 5.41) is 3.50. The molecule has 0 spiro atoms. The Hall–Kier alpha value is -1.05. The second-order valence-corrected chi connectivity index (χ2v) is 4.40. The second-order valence-electron chi connectivity index (χ2n) is 4.40. The van der Waals surface area contributed by atoms with Gasteiger partial charge in [0.05, 0.1) is 0 Å². The van der Waals surface area contributed by atoms with Gasteiger partial charge in [-0.25, -0.2) is 4.98 Å². The number of hydrogen-bond acceptors (Lipinski definition) is 2. The van der Waals surface area contributed by atoms with Crippen molar-refractivity contribution >= 4 is 5.82 Å². The summed E-state index contributed by atoms with van der Waals surface area (Å²) < 4.78 is 0. The molecule has 0 atom stereocenters. The van der Waals surface area contributed by atoms with Gasteiger partial charge in [-0.3, -0.25) is 0 Å². The van der Waals surface area contributed by atoms with Crippen molar-refractivity contribution < 1.29 is 0 Å². The van der Waals surface area contributed by atoms with Gasteiger partial charge < -0.3 is 5.32 Å². The molecule has 0 aliphatic heterocycles. The number of nitrogens with zero attached hydrogens (tertiary/aromatic N) is 1. The maximum Gasteiger partial charge on any atom is 0.129 e. The first kappa shape index (κ1) is 10.5. The van der Waals surface area contributed by atoms with Crippen molar-refractivity contribution in [3.63, 3.8) is 0 Å². The van der Waals surface area contributed by atoms with Gasteiger partial charge in [-0.05, 0) is 36.8 Å². The molecular weight excluding hydrogens is 184 g/mol. The van der Waals surface area contributed by atoms with Gasteiger partial charge in [-0.2, -0.15) is 0 Å². The van der Waals surface area contributed by atoms with Gasteiger partial charge in [0.15, 0.2) is 0 Å². The van der Waals surface area contributed by atoms with Gasteiger partial charge in [0.1, 0.15) is 5.82 Å². The van der Waals surface area contributed by atoms with Crippen LogP contribution in [-0.2, 0) is 6.42 Å². The predicted octanol–water partition coefficient (Wildman–Crippen LogP) is 3.25. The van der Waals surface area contributed by atoms with Crippen LogP contribution in [0.1, 0.15) is 38.2 Å². The molecule has 82 valence electrons. The number of anilines is 1. The largest absolute Gasteiger partial charge is 0.370 e. The zero-order valence-electron chi connectivity index (χ0n) is 9.50. The van der Waals surface area contributed by atoms with Gasteiger partial charge in [-0.15, -0.1) is 0 Å². The Kier molecular flexibility index (Phi) is 3.59. The van der Waals surface area contributed by atoms with E-state index in [9.17, 15) is 0 Å². The first-order valence-corrected chi connectivity index (χ1v) is 6.08. The molecule has 1 aromatic rings. The summed E-state index contributed by atoms with van der Waals surface area (Å²) in [5.41, 5.74) is 1.33. The first-order valence-electron chi connectivity index (χ1n) is 6.08. The minimum Gasteiger partial charge on any atom is -0.370 e. The van der Waals surface area contributed by atoms with Gasteiger partial charge in [-0.1, -0.05) is 25.8 Å². The molecule has 0 bridgehead atoms. The molecule has 0 amide bonds. The van der Waals surface area contributed by atoms with Crippen molar-refractivity contribution in [1.82, 2.24) is 4.98 Å². The molecule has 1 aliphatic rings. The third-order valence-electron chi connectivity index (χ3n) is 3.31. The second kappa shape index (κ2) is 5.15. The van der Waals surface area contributed by atoms with Crippen LogP contribution in [-0.4, -0.2) is 11.5 Å². The van der Waals surface area contributed by atoms with Gasteiger partial charge in [0.25, 0.3) is 0 Å². The zero-order valence-corrected chi connectivity index (χ0v) is 9.50. The van der Waals surface area contributed by atoms with E-state index < -0.39 is 0 Å². The third-order valence-corrected chi connectivity index (χ3v) is 3.31. The predicted molar refractivity (Wildman–Crippen MR) is 64.1 cm³/mol. The average Bonchev–Trinajstić information content (AvgIpc) is 2.79. The number of pyridine rings is 1. The van der Waals surface area contributed by atoms with E-state index in [1.54, 1.807) is 0 Å². The fraction of sp³-hybridized carbons (Fsp3) is 0.615. The van der Waals surface area contributed by atoms with Crippen LogP contribution in [0.2, 0.25) is 0 Å². The van der Waals surface area contributed by atoms with Crippen LogP contribution in [0, 0.1) is 5.92 Å². The molecule has 2 rings (SSSR count). The molecule has 1 fully saturated rings. The molecule has 1 N–H and O–H groups in total. The Bertz CT molecular complexity index is 303. The summed E-state index contributed by atoms with van der Waals surface area (Å²) in [7, 11) is 0. The van der Waals surface area contributed by atoms with E-state index in [1.165, 1.54) is 31.2 Å². The van der Waals surface area contributed by atoms with Gasteiger partial charge in [0, 0.05) is 12.7 Å². The highest BCUT2D eigenvalue weighted by atomic mass is 15.0. The lowest BCUT2D eigenvalue weighted by atomic mass is 10.1. The summed E-state index contributed by atoms with van der Waals surface area (Å²) in [5.74, 6) is 1.96. The first-order chi connectivity index (χ1) is 7.40. The van der Waals surface area contributed by atoms with E-state index in [0.717, 1.165) is 24.7 Å². The molecule has 0 unspecified atom stereocenters. The fourth-order valence-corrected chi connectivity index (χ4v) is 2.34. The monoisotopic (exact) mass is 204 g/mol. The molecule has 0 aromatic carbocycles. The highest BCUT2D eigenvalue weighted by Crippen LogP contribution is 2.25. The molecule has 0 radical (unpaired) electrons. The molecule has 1 aromatic heterocycles. The Labute approximate surface area is 92.1 Å². The van der Waals surface area contributed by atoms with Crippen LogP contribution in [0.5, 0.6) is 0 Å². The molecule has 0 saturated heterocycles. The Balaban J connectivity index is 1.91. The molecule has 1 aliphatic carbocycles. The lowest BCUT2D eigenvalue weighted by molar-refractivity contribution is 0.578. The van der Waals surface area contributed by atoms with Crippen LogP contribution in [0.15, 0.2) is 18.3 Å². The number of hydrogen-bond donors (Lipinski definition) is 1. The van der Waals surface area contributed by atoms with Gasteiger partial charge in [0.2, 0.25) is 0 Å². The van der Waals surface area contributed by atoms with Crippen molar-refractivity contribution in [3.8, 4) is 0 Å². The van der Waals surface area contributed by atoms with E-state index in [-0.39, 0.29) is 0 Å². The number of nitrogens with one attached hydrogen (secondary N) is 1.